The number of carbonyl (C=O) groups is 1. The third-order valence-electron chi connectivity index (χ3n) is 6.77. The van der Waals surface area contributed by atoms with Gasteiger partial charge in [-0.05, 0) is 72.0 Å². The molecule has 0 aromatic heterocycles. The summed E-state index contributed by atoms with van der Waals surface area (Å²) in [5.74, 6) is -0.649. The first-order chi connectivity index (χ1) is 17.4. The Bertz CT molecular complexity index is 1370. The van der Waals surface area contributed by atoms with Crippen molar-refractivity contribution in [2.24, 2.45) is 5.92 Å². The van der Waals surface area contributed by atoms with Gasteiger partial charge >= 0.3 is 0 Å². The van der Waals surface area contributed by atoms with Crippen LogP contribution in [0.5, 0.6) is 11.5 Å². The molecule has 1 aliphatic rings. The Labute approximate surface area is 208 Å². The zero-order valence-corrected chi connectivity index (χ0v) is 19.5. The minimum Gasteiger partial charge on any atom is -0.508 e. The highest BCUT2D eigenvalue weighted by molar-refractivity contribution is 6.03. The number of rotatable bonds is 7. The molecular formula is C30H26FNO4. The Hall–Kier alpha value is -4.16. The van der Waals surface area contributed by atoms with Gasteiger partial charge in [-0.25, -0.2) is 4.39 Å². The lowest BCUT2D eigenvalue weighted by molar-refractivity contribution is -0.131. The highest BCUT2D eigenvalue weighted by atomic mass is 19.1. The topological polar surface area (TPSA) is 81.0 Å². The van der Waals surface area contributed by atoms with Crippen molar-refractivity contribution in [3.8, 4) is 22.6 Å². The van der Waals surface area contributed by atoms with Crippen LogP contribution in [0.1, 0.15) is 36.1 Å². The van der Waals surface area contributed by atoms with Gasteiger partial charge in [0.1, 0.15) is 17.3 Å². The van der Waals surface area contributed by atoms with Gasteiger partial charge in [0.25, 0.3) is 0 Å². The number of aliphatic hydroxyl groups is 1. The number of hydrogen-bond donors (Lipinski definition) is 3. The highest BCUT2D eigenvalue weighted by Gasteiger charge is 2.48. The zero-order chi connectivity index (χ0) is 25.2. The number of halogens is 1. The molecule has 5 rings (SSSR count). The molecule has 0 saturated carbocycles. The normalized spacial score (nSPS) is 18.1. The maximum absolute atomic E-state index is 13.6. The van der Waals surface area contributed by atoms with Crippen molar-refractivity contribution in [3.63, 3.8) is 0 Å². The lowest BCUT2D eigenvalue weighted by Gasteiger charge is -2.48. The van der Waals surface area contributed by atoms with E-state index in [1.54, 1.807) is 47.4 Å². The van der Waals surface area contributed by atoms with Crippen molar-refractivity contribution in [1.29, 1.82) is 0 Å². The summed E-state index contributed by atoms with van der Waals surface area (Å²) in [6, 6.07) is 26.8. The van der Waals surface area contributed by atoms with E-state index in [4.69, 9.17) is 0 Å². The van der Waals surface area contributed by atoms with Crippen LogP contribution in [-0.2, 0) is 4.79 Å². The van der Waals surface area contributed by atoms with E-state index in [9.17, 15) is 24.5 Å². The summed E-state index contributed by atoms with van der Waals surface area (Å²) >= 11 is 0. The van der Waals surface area contributed by atoms with Crippen molar-refractivity contribution >= 4 is 11.6 Å². The third kappa shape index (κ3) is 4.55. The first-order valence-corrected chi connectivity index (χ1v) is 11.9. The van der Waals surface area contributed by atoms with Crippen LogP contribution in [0, 0.1) is 11.7 Å². The van der Waals surface area contributed by atoms with E-state index in [2.05, 4.69) is 0 Å². The Morgan fingerprint density at radius 3 is 2.31 bits per heavy atom. The molecule has 0 aliphatic carbocycles. The number of hydrogen-bond acceptors (Lipinski definition) is 4. The number of amides is 1. The van der Waals surface area contributed by atoms with Gasteiger partial charge < -0.3 is 20.2 Å². The summed E-state index contributed by atoms with van der Waals surface area (Å²) in [6.45, 7) is 0. The van der Waals surface area contributed by atoms with Gasteiger partial charge in [-0.2, -0.15) is 0 Å². The zero-order valence-electron chi connectivity index (χ0n) is 19.5. The van der Waals surface area contributed by atoms with E-state index in [1.165, 1.54) is 12.1 Å². The number of aliphatic hydroxyl groups excluding tert-OH is 1. The maximum Gasteiger partial charge on any atom is 0.233 e. The molecule has 4 aromatic rings. The molecule has 182 valence electrons. The smallest absolute Gasteiger partial charge is 0.233 e. The predicted molar refractivity (Wildman–Crippen MR) is 136 cm³/mol. The van der Waals surface area contributed by atoms with E-state index in [0.717, 1.165) is 16.8 Å². The fourth-order valence-corrected chi connectivity index (χ4v) is 4.92. The molecule has 0 bridgehead atoms. The molecule has 3 N–H and O–H groups in total. The molecule has 0 spiro atoms. The fraction of sp³-hybridized carbons (Fsp3) is 0.167. The quantitative estimate of drug-likeness (QED) is 0.277. The number of anilines is 1. The number of nitrogens with zero attached hydrogens (tertiary/aromatic N) is 1. The standard InChI is InChI=1S/C30H26FNO4/c31-22-6-4-5-20(17-22)27(34)16-15-26-29(32(30(26)36)23-7-2-1-3-8-23)21-11-14-25(28(35)18-21)19-9-12-24(33)13-10-19/h1-14,17-18,26-27,29,33-35H,15-16H2/t26-,27+,29-/m1/s1. The number of para-hydroxylation sites is 1. The van der Waals surface area contributed by atoms with E-state index in [-0.39, 0.29) is 23.4 Å². The predicted octanol–water partition coefficient (Wildman–Crippen LogP) is 6.12. The summed E-state index contributed by atoms with van der Waals surface area (Å²) in [6.07, 6.45) is -0.174. The molecule has 1 heterocycles. The number of aromatic hydroxyl groups is 2. The van der Waals surface area contributed by atoms with Gasteiger partial charge in [0.15, 0.2) is 0 Å². The average Bonchev–Trinajstić information content (AvgIpc) is 2.88. The van der Waals surface area contributed by atoms with Crippen LogP contribution in [-0.4, -0.2) is 21.2 Å². The van der Waals surface area contributed by atoms with Gasteiger partial charge in [0, 0.05) is 11.3 Å². The molecule has 6 heteroatoms. The van der Waals surface area contributed by atoms with Crippen LogP contribution >= 0.6 is 0 Å². The van der Waals surface area contributed by atoms with Crippen molar-refractivity contribution < 1.29 is 24.5 Å². The van der Waals surface area contributed by atoms with Crippen molar-refractivity contribution in [1.82, 2.24) is 0 Å². The van der Waals surface area contributed by atoms with E-state index in [1.807, 2.05) is 42.5 Å². The van der Waals surface area contributed by atoms with Crippen LogP contribution in [0.3, 0.4) is 0 Å². The van der Waals surface area contributed by atoms with Gasteiger partial charge in [0.2, 0.25) is 5.91 Å². The van der Waals surface area contributed by atoms with Crippen LogP contribution in [0.2, 0.25) is 0 Å². The number of phenolic OH excluding ortho intramolecular Hbond substituents is 2. The molecule has 5 nitrogen and oxygen atoms in total. The van der Waals surface area contributed by atoms with Crippen molar-refractivity contribution in [2.45, 2.75) is 25.0 Å². The first-order valence-electron chi connectivity index (χ1n) is 11.9. The van der Waals surface area contributed by atoms with Crippen LogP contribution < -0.4 is 4.90 Å². The number of β-lactam (4-membered cyclic amide) rings is 1. The average molecular weight is 484 g/mol. The van der Waals surface area contributed by atoms with Crippen LogP contribution in [0.25, 0.3) is 11.1 Å². The summed E-state index contributed by atoms with van der Waals surface area (Å²) in [5.41, 5.74) is 3.40. The Morgan fingerprint density at radius 2 is 1.61 bits per heavy atom. The van der Waals surface area contributed by atoms with Crippen molar-refractivity contribution in [3.05, 3.63) is 114 Å². The van der Waals surface area contributed by atoms with Crippen molar-refractivity contribution in [2.75, 3.05) is 4.90 Å². The molecule has 3 atom stereocenters. The molecule has 36 heavy (non-hydrogen) atoms. The Morgan fingerprint density at radius 1 is 0.861 bits per heavy atom. The largest absolute Gasteiger partial charge is 0.508 e. The SMILES string of the molecule is O=C1[C@H](CC[C@H](O)c2cccc(F)c2)[C@@H](c2ccc(-c3ccc(O)cc3)c(O)c2)N1c1ccccc1. The lowest BCUT2D eigenvalue weighted by atomic mass is 9.78. The van der Waals surface area contributed by atoms with Gasteiger partial charge in [-0.15, -0.1) is 0 Å². The Balaban J connectivity index is 1.42. The fourth-order valence-electron chi connectivity index (χ4n) is 4.92. The van der Waals surface area contributed by atoms with E-state index < -0.39 is 17.8 Å². The second-order valence-corrected chi connectivity index (χ2v) is 9.07. The van der Waals surface area contributed by atoms with Crippen LogP contribution in [0.4, 0.5) is 10.1 Å². The minimum atomic E-state index is -0.884. The minimum absolute atomic E-state index is 0.0558. The van der Waals surface area contributed by atoms with Gasteiger partial charge in [-0.1, -0.05) is 54.6 Å². The second-order valence-electron chi connectivity index (χ2n) is 9.07. The molecule has 1 amide bonds. The third-order valence-corrected chi connectivity index (χ3v) is 6.77. The number of benzene rings is 4. The first kappa shape index (κ1) is 23.6. The van der Waals surface area contributed by atoms with E-state index in [0.29, 0.717) is 24.0 Å². The lowest BCUT2D eigenvalue weighted by Crippen LogP contribution is -2.55. The summed E-state index contributed by atoms with van der Waals surface area (Å²) in [4.78, 5) is 15.0. The monoisotopic (exact) mass is 483 g/mol. The maximum atomic E-state index is 13.6. The molecule has 4 aromatic carbocycles. The molecule has 0 radical (unpaired) electrons. The highest BCUT2D eigenvalue weighted by Crippen LogP contribution is 2.47. The molecule has 1 saturated heterocycles. The summed E-state index contributed by atoms with van der Waals surface area (Å²) < 4.78 is 13.6. The number of phenols is 2. The summed E-state index contributed by atoms with van der Waals surface area (Å²) in [5, 5.41) is 31.0. The molecule has 1 fully saturated rings. The molecule has 0 unspecified atom stereocenters. The second kappa shape index (κ2) is 9.84. The Kier molecular flexibility index (Phi) is 6.44. The van der Waals surface area contributed by atoms with Crippen LogP contribution in [0.15, 0.2) is 97.1 Å². The van der Waals surface area contributed by atoms with E-state index >= 15 is 0 Å². The molecule has 1 aliphatic heterocycles. The number of carbonyl (C=O) groups excluding carboxylic acids is 1. The summed E-state index contributed by atoms with van der Waals surface area (Å²) in [7, 11) is 0. The molecular weight excluding hydrogens is 457 g/mol. The van der Waals surface area contributed by atoms with Gasteiger partial charge in [0.05, 0.1) is 18.1 Å². The van der Waals surface area contributed by atoms with Gasteiger partial charge in [-0.3, -0.25) is 4.79 Å².